The van der Waals surface area contributed by atoms with Crippen molar-refractivity contribution in [1.29, 1.82) is 0 Å². The second kappa shape index (κ2) is 5.99. The summed E-state index contributed by atoms with van der Waals surface area (Å²) in [7, 11) is 0. The van der Waals surface area contributed by atoms with Crippen LogP contribution in [0.4, 0.5) is 0 Å². The van der Waals surface area contributed by atoms with Gasteiger partial charge in [0.15, 0.2) is 0 Å². The second-order valence-electron chi connectivity index (χ2n) is 5.50. The van der Waals surface area contributed by atoms with Gasteiger partial charge in [0.05, 0.1) is 12.7 Å². The van der Waals surface area contributed by atoms with Gasteiger partial charge in [-0.3, -0.25) is 4.90 Å². The summed E-state index contributed by atoms with van der Waals surface area (Å²) in [5.41, 5.74) is 5.69. The minimum absolute atomic E-state index is 0.264. The van der Waals surface area contributed by atoms with Gasteiger partial charge in [0.1, 0.15) is 0 Å². The Balaban J connectivity index is 1.81. The van der Waals surface area contributed by atoms with Gasteiger partial charge in [0.2, 0.25) is 0 Å². The molecule has 3 heteroatoms. The molecule has 3 nitrogen and oxygen atoms in total. The first-order valence-corrected chi connectivity index (χ1v) is 6.85. The Morgan fingerprint density at radius 3 is 2.69 bits per heavy atom. The van der Waals surface area contributed by atoms with Gasteiger partial charge >= 0.3 is 0 Å². The summed E-state index contributed by atoms with van der Waals surface area (Å²) < 4.78 is 5.69. The predicted molar refractivity (Wildman–Crippen MR) is 66.4 cm³/mol. The van der Waals surface area contributed by atoms with Crippen LogP contribution in [0.3, 0.4) is 0 Å². The topological polar surface area (TPSA) is 38.5 Å². The Hall–Kier alpha value is -0.120. The molecule has 0 amide bonds. The van der Waals surface area contributed by atoms with E-state index >= 15 is 0 Å². The SMILES string of the molecule is CC1COC(CN)CN1CC1CCCCC1. The van der Waals surface area contributed by atoms with E-state index in [1.165, 1.54) is 38.6 Å². The molecule has 2 atom stereocenters. The van der Waals surface area contributed by atoms with E-state index in [4.69, 9.17) is 10.5 Å². The number of hydrogen-bond acceptors (Lipinski definition) is 3. The van der Waals surface area contributed by atoms with E-state index in [0.29, 0.717) is 12.6 Å². The zero-order valence-corrected chi connectivity index (χ0v) is 10.5. The molecular weight excluding hydrogens is 200 g/mol. The molecule has 0 bridgehead atoms. The minimum Gasteiger partial charge on any atom is -0.374 e. The van der Waals surface area contributed by atoms with E-state index < -0.39 is 0 Å². The Bertz CT molecular complexity index is 204. The quantitative estimate of drug-likeness (QED) is 0.794. The summed E-state index contributed by atoms with van der Waals surface area (Å²) in [5, 5.41) is 0. The highest BCUT2D eigenvalue weighted by molar-refractivity contribution is 4.80. The lowest BCUT2D eigenvalue weighted by atomic mass is 9.88. The average molecular weight is 226 g/mol. The molecule has 1 heterocycles. The maximum Gasteiger partial charge on any atom is 0.0824 e. The molecule has 2 unspecified atom stereocenters. The van der Waals surface area contributed by atoms with Crippen LogP contribution in [0.2, 0.25) is 0 Å². The van der Waals surface area contributed by atoms with E-state index in [2.05, 4.69) is 11.8 Å². The Labute approximate surface area is 99.3 Å². The second-order valence-corrected chi connectivity index (χ2v) is 5.50. The molecule has 2 fully saturated rings. The highest BCUT2D eigenvalue weighted by atomic mass is 16.5. The van der Waals surface area contributed by atoms with Gasteiger partial charge in [-0.25, -0.2) is 0 Å². The van der Waals surface area contributed by atoms with E-state index in [1.807, 2.05) is 0 Å². The molecule has 2 aliphatic rings. The van der Waals surface area contributed by atoms with Crippen LogP contribution in [0, 0.1) is 5.92 Å². The fraction of sp³-hybridized carbons (Fsp3) is 1.00. The highest BCUT2D eigenvalue weighted by Gasteiger charge is 2.27. The average Bonchev–Trinajstić information content (AvgIpc) is 2.33. The lowest BCUT2D eigenvalue weighted by molar-refractivity contribution is -0.0595. The number of nitrogens with zero attached hydrogens (tertiary/aromatic N) is 1. The summed E-state index contributed by atoms with van der Waals surface area (Å²) in [4.78, 5) is 2.59. The molecule has 0 aromatic rings. The van der Waals surface area contributed by atoms with Crippen molar-refractivity contribution in [3.8, 4) is 0 Å². The predicted octanol–water partition coefficient (Wildman–Crippen LogP) is 1.61. The third-order valence-electron chi connectivity index (χ3n) is 4.11. The van der Waals surface area contributed by atoms with E-state index in [1.54, 1.807) is 0 Å². The normalized spacial score (nSPS) is 34.1. The first kappa shape index (κ1) is 12.3. The number of ether oxygens (including phenoxy) is 1. The first-order valence-electron chi connectivity index (χ1n) is 6.85. The minimum atomic E-state index is 0.264. The molecule has 94 valence electrons. The van der Waals surface area contributed by atoms with Gasteiger partial charge in [-0.15, -0.1) is 0 Å². The third kappa shape index (κ3) is 3.19. The molecule has 2 N–H and O–H groups in total. The van der Waals surface area contributed by atoms with Crippen molar-refractivity contribution in [2.75, 3.05) is 26.2 Å². The molecule has 1 aliphatic heterocycles. The largest absolute Gasteiger partial charge is 0.374 e. The Morgan fingerprint density at radius 1 is 1.25 bits per heavy atom. The number of nitrogens with two attached hydrogens (primary N) is 1. The molecule has 1 saturated carbocycles. The van der Waals surface area contributed by atoms with Crippen molar-refractivity contribution >= 4 is 0 Å². The number of hydrogen-bond donors (Lipinski definition) is 1. The molecule has 1 saturated heterocycles. The van der Waals surface area contributed by atoms with Crippen molar-refractivity contribution in [3.63, 3.8) is 0 Å². The van der Waals surface area contributed by atoms with E-state index in [9.17, 15) is 0 Å². The van der Waals surface area contributed by atoms with Gasteiger partial charge in [-0.2, -0.15) is 0 Å². The number of morpholine rings is 1. The smallest absolute Gasteiger partial charge is 0.0824 e. The summed E-state index contributed by atoms with van der Waals surface area (Å²) in [5.74, 6) is 0.924. The fourth-order valence-corrected chi connectivity index (χ4v) is 2.97. The van der Waals surface area contributed by atoms with Crippen LogP contribution in [0.25, 0.3) is 0 Å². The molecule has 0 aromatic carbocycles. The third-order valence-corrected chi connectivity index (χ3v) is 4.11. The number of rotatable bonds is 3. The van der Waals surface area contributed by atoms with Crippen LogP contribution >= 0.6 is 0 Å². The lowest BCUT2D eigenvalue weighted by Crippen LogP contribution is -2.51. The van der Waals surface area contributed by atoms with E-state index in [0.717, 1.165) is 19.1 Å². The standard InChI is InChI=1S/C13H26N2O/c1-11-10-16-13(7-14)9-15(11)8-12-5-3-2-4-6-12/h11-13H,2-10,14H2,1H3. The van der Waals surface area contributed by atoms with E-state index in [-0.39, 0.29) is 6.10 Å². The van der Waals surface area contributed by atoms with Crippen molar-refractivity contribution in [1.82, 2.24) is 4.90 Å². The first-order chi connectivity index (χ1) is 7.79. The van der Waals surface area contributed by atoms with Crippen molar-refractivity contribution < 1.29 is 4.74 Å². The summed E-state index contributed by atoms with van der Waals surface area (Å²) in [6.45, 7) is 6.09. The molecule has 16 heavy (non-hydrogen) atoms. The van der Waals surface area contributed by atoms with Crippen LogP contribution < -0.4 is 5.73 Å². The fourth-order valence-electron chi connectivity index (χ4n) is 2.97. The van der Waals surface area contributed by atoms with Crippen molar-refractivity contribution in [3.05, 3.63) is 0 Å². The molecule has 0 spiro atoms. The van der Waals surface area contributed by atoms with Crippen LogP contribution in [-0.2, 0) is 4.74 Å². The van der Waals surface area contributed by atoms with Gasteiger partial charge in [0.25, 0.3) is 0 Å². The molecular formula is C13H26N2O. The van der Waals surface area contributed by atoms with Crippen molar-refractivity contribution in [2.45, 2.75) is 51.2 Å². The van der Waals surface area contributed by atoms with Crippen molar-refractivity contribution in [2.24, 2.45) is 11.7 Å². The van der Waals surface area contributed by atoms with Crippen LogP contribution in [0.5, 0.6) is 0 Å². The maximum atomic E-state index is 5.69. The molecule has 0 radical (unpaired) electrons. The molecule has 1 aliphatic carbocycles. The summed E-state index contributed by atoms with van der Waals surface area (Å²) in [6.07, 6.45) is 7.43. The summed E-state index contributed by atoms with van der Waals surface area (Å²) in [6, 6.07) is 0.574. The van der Waals surface area contributed by atoms with Crippen LogP contribution in [0.15, 0.2) is 0 Å². The summed E-state index contributed by atoms with van der Waals surface area (Å²) >= 11 is 0. The Kier molecular flexibility index (Phi) is 4.62. The molecule has 0 aromatic heterocycles. The highest BCUT2D eigenvalue weighted by Crippen LogP contribution is 2.26. The zero-order chi connectivity index (χ0) is 11.4. The lowest BCUT2D eigenvalue weighted by Gasteiger charge is -2.40. The van der Waals surface area contributed by atoms with Crippen LogP contribution in [-0.4, -0.2) is 43.3 Å². The molecule has 2 rings (SSSR count). The van der Waals surface area contributed by atoms with Gasteiger partial charge in [-0.05, 0) is 25.7 Å². The van der Waals surface area contributed by atoms with Gasteiger partial charge in [-0.1, -0.05) is 19.3 Å². The van der Waals surface area contributed by atoms with Gasteiger partial charge in [0, 0.05) is 25.7 Å². The van der Waals surface area contributed by atoms with Crippen LogP contribution in [0.1, 0.15) is 39.0 Å². The van der Waals surface area contributed by atoms with Gasteiger partial charge < -0.3 is 10.5 Å². The Morgan fingerprint density at radius 2 is 2.00 bits per heavy atom. The zero-order valence-electron chi connectivity index (χ0n) is 10.5. The monoisotopic (exact) mass is 226 g/mol. The maximum absolute atomic E-state index is 5.69.